The standard InChI is InChI=1S/C28H36N2O5/c1-5-28(6-2,26(33)30-24(18(3)4)15-25(31)32)17-29-27(34)35-16-23-21-13-9-7-11-19(21)20-12-8-10-14-22(20)23/h7-14,18,23-24H,5-6,15-17H2,1-4H3,(H,29,34)(H,30,33)(H,31,32)/t24-/m1/s1. The lowest BCUT2D eigenvalue weighted by atomic mass is 9.80. The van der Waals surface area contributed by atoms with Gasteiger partial charge in [0, 0.05) is 18.5 Å². The number of carbonyl (C=O) groups excluding carboxylic acids is 2. The first kappa shape index (κ1) is 26.3. The van der Waals surface area contributed by atoms with E-state index < -0.39 is 23.5 Å². The minimum Gasteiger partial charge on any atom is -0.481 e. The molecular weight excluding hydrogens is 444 g/mol. The molecule has 0 saturated carbocycles. The second kappa shape index (κ2) is 11.4. The molecule has 2 aromatic rings. The number of benzene rings is 2. The zero-order valence-electron chi connectivity index (χ0n) is 21.0. The average molecular weight is 481 g/mol. The van der Waals surface area contributed by atoms with Crippen LogP contribution < -0.4 is 10.6 Å². The van der Waals surface area contributed by atoms with E-state index in [2.05, 4.69) is 34.9 Å². The Morgan fingerprint density at radius 1 is 0.971 bits per heavy atom. The van der Waals surface area contributed by atoms with E-state index in [1.165, 1.54) is 0 Å². The number of carboxylic acid groups (broad SMARTS) is 1. The third-order valence-corrected chi connectivity index (χ3v) is 7.27. The number of carboxylic acids is 1. The number of aliphatic carboxylic acids is 1. The summed E-state index contributed by atoms with van der Waals surface area (Å²) in [6, 6.07) is 15.8. The lowest BCUT2D eigenvalue weighted by Gasteiger charge is -2.33. The Bertz CT molecular complexity index is 1020. The summed E-state index contributed by atoms with van der Waals surface area (Å²) in [6.45, 7) is 7.85. The number of hydrogen-bond acceptors (Lipinski definition) is 4. The van der Waals surface area contributed by atoms with Gasteiger partial charge in [-0.15, -0.1) is 0 Å². The van der Waals surface area contributed by atoms with E-state index >= 15 is 0 Å². The molecule has 35 heavy (non-hydrogen) atoms. The molecule has 0 spiro atoms. The molecule has 0 fully saturated rings. The maximum Gasteiger partial charge on any atom is 0.407 e. The summed E-state index contributed by atoms with van der Waals surface area (Å²) in [5.41, 5.74) is 3.74. The fourth-order valence-electron chi connectivity index (χ4n) is 4.76. The molecule has 7 nitrogen and oxygen atoms in total. The summed E-state index contributed by atoms with van der Waals surface area (Å²) in [5.74, 6) is -1.28. The monoisotopic (exact) mass is 480 g/mol. The maximum absolute atomic E-state index is 13.2. The SMILES string of the molecule is CCC(CC)(CNC(=O)OCC1c2ccccc2-c2ccccc21)C(=O)N[C@H](CC(=O)O)C(C)C. The van der Waals surface area contributed by atoms with Crippen molar-refractivity contribution >= 4 is 18.0 Å². The number of ether oxygens (including phenoxy) is 1. The van der Waals surface area contributed by atoms with Crippen molar-refractivity contribution in [2.45, 2.75) is 58.9 Å². The molecule has 0 unspecified atom stereocenters. The molecule has 3 rings (SSSR count). The van der Waals surface area contributed by atoms with Crippen molar-refractivity contribution in [3.8, 4) is 11.1 Å². The highest BCUT2D eigenvalue weighted by Crippen LogP contribution is 2.44. The van der Waals surface area contributed by atoms with E-state index in [9.17, 15) is 19.5 Å². The molecule has 1 atom stereocenters. The Kier molecular flexibility index (Phi) is 8.54. The number of nitrogens with one attached hydrogen (secondary N) is 2. The molecule has 3 N–H and O–H groups in total. The van der Waals surface area contributed by atoms with Gasteiger partial charge in [0.05, 0.1) is 11.8 Å². The third kappa shape index (κ3) is 5.84. The van der Waals surface area contributed by atoms with Gasteiger partial charge in [0.15, 0.2) is 0 Å². The minimum atomic E-state index is -0.959. The van der Waals surface area contributed by atoms with E-state index in [4.69, 9.17) is 4.74 Å². The summed E-state index contributed by atoms with van der Waals surface area (Å²) >= 11 is 0. The van der Waals surface area contributed by atoms with Crippen LogP contribution in [0.15, 0.2) is 48.5 Å². The molecule has 0 heterocycles. The largest absolute Gasteiger partial charge is 0.481 e. The minimum absolute atomic E-state index is 0.0310. The van der Waals surface area contributed by atoms with Crippen LogP contribution in [0.25, 0.3) is 11.1 Å². The number of carbonyl (C=O) groups is 3. The number of alkyl carbamates (subject to hydrolysis) is 1. The zero-order valence-corrected chi connectivity index (χ0v) is 21.0. The van der Waals surface area contributed by atoms with E-state index in [1.54, 1.807) is 0 Å². The van der Waals surface area contributed by atoms with Gasteiger partial charge in [-0.1, -0.05) is 76.2 Å². The molecule has 0 radical (unpaired) electrons. The van der Waals surface area contributed by atoms with Crippen molar-refractivity contribution < 1.29 is 24.2 Å². The first-order valence-electron chi connectivity index (χ1n) is 12.3. The van der Waals surface area contributed by atoms with Gasteiger partial charge in [0.25, 0.3) is 0 Å². The maximum atomic E-state index is 13.2. The van der Waals surface area contributed by atoms with Crippen molar-refractivity contribution in [1.29, 1.82) is 0 Å². The number of fused-ring (bicyclic) bond motifs is 3. The second-order valence-corrected chi connectivity index (χ2v) is 9.59. The molecule has 1 aliphatic carbocycles. The van der Waals surface area contributed by atoms with Gasteiger partial charge >= 0.3 is 12.1 Å². The zero-order chi connectivity index (χ0) is 25.6. The molecule has 0 bridgehead atoms. The molecule has 2 amide bonds. The van der Waals surface area contributed by atoms with Gasteiger partial charge in [0.1, 0.15) is 6.61 Å². The van der Waals surface area contributed by atoms with Crippen molar-refractivity contribution in [1.82, 2.24) is 10.6 Å². The van der Waals surface area contributed by atoms with Crippen LogP contribution in [-0.2, 0) is 14.3 Å². The van der Waals surface area contributed by atoms with Gasteiger partial charge in [-0.2, -0.15) is 0 Å². The highest BCUT2D eigenvalue weighted by atomic mass is 16.5. The molecule has 0 saturated heterocycles. The summed E-state index contributed by atoms with van der Waals surface area (Å²) < 4.78 is 5.62. The lowest BCUT2D eigenvalue weighted by molar-refractivity contribution is -0.138. The Balaban J connectivity index is 1.63. The topological polar surface area (TPSA) is 105 Å². The summed E-state index contributed by atoms with van der Waals surface area (Å²) in [4.78, 5) is 37.0. The summed E-state index contributed by atoms with van der Waals surface area (Å²) in [5, 5.41) is 14.9. The van der Waals surface area contributed by atoms with Crippen LogP contribution in [-0.4, -0.2) is 42.3 Å². The van der Waals surface area contributed by atoms with E-state index in [-0.39, 0.29) is 37.3 Å². The van der Waals surface area contributed by atoms with Crippen molar-refractivity contribution in [3.05, 3.63) is 59.7 Å². The Morgan fingerprint density at radius 3 is 2.00 bits per heavy atom. The van der Waals surface area contributed by atoms with Crippen molar-refractivity contribution in [3.63, 3.8) is 0 Å². The fraction of sp³-hybridized carbons (Fsp3) is 0.464. The number of amides is 2. The van der Waals surface area contributed by atoms with Crippen LogP contribution in [0.5, 0.6) is 0 Å². The molecule has 7 heteroatoms. The number of hydrogen-bond donors (Lipinski definition) is 3. The van der Waals surface area contributed by atoms with Gasteiger partial charge in [-0.25, -0.2) is 4.79 Å². The first-order chi connectivity index (χ1) is 16.7. The van der Waals surface area contributed by atoms with Gasteiger partial charge < -0.3 is 20.5 Å². The van der Waals surface area contributed by atoms with Crippen LogP contribution in [0.1, 0.15) is 64.0 Å². The molecule has 188 valence electrons. The molecule has 0 aliphatic heterocycles. The van der Waals surface area contributed by atoms with E-state index in [1.807, 2.05) is 52.0 Å². The third-order valence-electron chi connectivity index (χ3n) is 7.27. The number of rotatable bonds is 11. The quantitative estimate of drug-likeness (QED) is 0.422. The molecule has 2 aromatic carbocycles. The predicted molar refractivity (Wildman–Crippen MR) is 135 cm³/mol. The Hall–Kier alpha value is -3.35. The average Bonchev–Trinajstić information content (AvgIpc) is 3.16. The van der Waals surface area contributed by atoms with Crippen LogP contribution >= 0.6 is 0 Å². The van der Waals surface area contributed by atoms with Gasteiger partial charge in [-0.05, 0) is 41.0 Å². The Labute approximate surface area is 207 Å². The normalized spacial score (nSPS) is 13.6. The van der Waals surface area contributed by atoms with Crippen LogP contribution in [0, 0.1) is 11.3 Å². The molecule has 0 aromatic heterocycles. The second-order valence-electron chi connectivity index (χ2n) is 9.59. The molecular formula is C28H36N2O5. The van der Waals surface area contributed by atoms with Gasteiger partial charge in [-0.3, -0.25) is 9.59 Å². The lowest BCUT2D eigenvalue weighted by Crippen LogP contribution is -2.52. The van der Waals surface area contributed by atoms with Crippen molar-refractivity contribution in [2.24, 2.45) is 11.3 Å². The summed E-state index contributed by atoms with van der Waals surface area (Å²) in [6.07, 6.45) is 0.275. The fourth-order valence-corrected chi connectivity index (χ4v) is 4.76. The van der Waals surface area contributed by atoms with Crippen LogP contribution in [0.3, 0.4) is 0 Å². The van der Waals surface area contributed by atoms with Crippen LogP contribution in [0.2, 0.25) is 0 Å². The first-order valence-corrected chi connectivity index (χ1v) is 12.3. The Morgan fingerprint density at radius 2 is 1.51 bits per heavy atom. The van der Waals surface area contributed by atoms with E-state index in [0.717, 1.165) is 22.3 Å². The van der Waals surface area contributed by atoms with Gasteiger partial charge in [0.2, 0.25) is 5.91 Å². The van der Waals surface area contributed by atoms with E-state index in [0.29, 0.717) is 12.8 Å². The van der Waals surface area contributed by atoms with Crippen LogP contribution in [0.4, 0.5) is 4.79 Å². The predicted octanol–water partition coefficient (Wildman–Crippen LogP) is 4.95. The smallest absolute Gasteiger partial charge is 0.407 e. The highest BCUT2D eigenvalue weighted by molar-refractivity contribution is 5.84. The highest BCUT2D eigenvalue weighted by Gasteiger charge is 2.37. The summed E-state index contributed by atoms with van der Waals surface area (Å²) in [7, 11) is 0. The molecule has 1 aliphatic rings. The van der Waals surface area contributed by atoms with Crippen molar-refractivity contribution in [2.75, 3.05) is 13.2 Å².